The molecule has 1 aliphatic carbocycles. The molecular weight excluding hydrogens is 156 g/mol. The zero-order valence-electron chi connectivity index (χ0n) is 4.32. The average molecular weight is 165 g/mol. The average Bonchev–Trinajstić information content (AvgIpc) is 2.18. The van der Waals surface area contributed by atoms with Crippen LogP contribution in [0.4, 0.5) is 0 Å². The summed E-state index contributed by atoms with van der Waals surface area (Å²) in [7, 11) is 0. The quantitative estimate of drug-likeness (QED) is 0.578. The fourth-order valence-electron chi connectivity index (χ4n) is 0.514. The molecule has 0 saturated heterocycles. The van der Waals surface area contributed by atoms with E-state index >= 15 is 0 Å². The van der Waals surface area contributed by atoms with Crippen LogP contribution in [0.2, 0.25) is 0 Å². The van der Waals surface area contributed by atoms with E-state index in [0.29, 0.717) is 11.4 Å². The van der Waals surface area contributed by atoms with E-state index in [9.17, 15) is 0 Å². The lowest BCUT2D eigenvalue weighted by atomic mass is 10.2. The van der Waals surface area contributed by atoms with Crippen molar-refractivity contribution in [3.63, 3.8) is 0 Å². The van der Waals surface area contributed by atoms with Crippen LogP contribution >= 0.6 is 15.9 Å². The van der Waals surface area contributed by atoms with E-state index < -0.39 is 0 Å². The van der Waals surface area contributed by atoms with Crippen molar-refractivity contribution in [2.75, 3.05) is 6.61 Å². The molecule has 0 heterocycles. The number of aliphatic hydroxyl groups excluding tert-OH is 1. The monoisotopic (exact) mass is 164 g/mol. The minimum absolute atomic E-state index is 0.222. The first-order valence-corrected chi connectivity index (χ1v) is 3.35. The Balaban J connectivity index is 2.36. The molecule has 1 nitrogen and oxygen atoms in total. The summed E-state index contributed by atoms with van der Waals surface area (Å²) in [6, 6.07) is 0. The summed E-state index contributed by atoms with van der Waals surface area (Å²) in [5.74, 6) is 0. The Morgan fingerprint density at radius 2 is 2.43 bits per heavy atom. The zero-order chi connectivity index (χ0) is 5.49. The van der Waals surface area contributed by atoms with Crippen LogP contribution in [-0.4, -0.2) is 16.5 Å². The standard InChI is InChI=1S/C5H9BrO/c1-5(3-7)2-4(5)6/h4,7H,2-3H2,1H3/t4-,5-/m0/s1. The van der Waals surface area contributed by atoms with Gasteiger partial charge in [-0.3, -0.25) is 0 Å². The highest BCUT2D eigenvalue weighted by molar-refractivity contribution is 9.09. The molecule has 0 aromatic rings. The number of halogens is 1. The van der Waals surface area contributed by atoms with Gasteiger partial charge >= 0.3 is 0 Å². The van der Waals surface area contributed by atoms with Crippen molar-refractivity contribution in [3.8, 4) is 0 Å². The van der Waals surface area contributed by atoms with Gasteiger partial charge in [-0.2, -0.15) is 0 Å². The van der Waals surface area contributed by atoms with Gasteiger partial charge in [0.15, 0.2) is 0 Å². The fourth-order valence-corrected chi connectivity index (χ4v) is 1.40. The molecule has 0 aliphatic heterocycles. The summed E-state index contributed by atoms with van der Waals surface area (Å²) in [6.45, 7) is 2.40. The molecule has 42 valence electrons. The maximum atomic E-state index is 8.61. The molecule has 2 atom stereocenters. The predicted octanol–water partition coefficient (Wildman–Crippen LogP) is 1.15. The lowest BCUT2D eigenvalue weighted by Gasteiger charge is -1.98. The molecule has 0 bridgehead atoms. The number of alkyl halides is 1. The molecule has 1 N–H and O–H groups in total. The second-order valence-corrected chi connectivity index (χ2v) is 3.59. The van der Waals surface area contributed by atoms with Crippen molar-refractivity contribution in [2.24, 2.45) is 5.41 Å². The van der Waals surface area contributed by atoms with Crippen LogP contribution in [0.3, 0.4) is 0 Å². The lowest BCUT2D eigenvalue weighted by molar-refractivity contribution is 0.226. The smallest absolute Gasteiger partial charge is 0.0495 e. The van der Waals surface area contributed by atoms with Crippen LogP contribution in [0.1, 0.15) is 13.3 Å². The summed E-state index contributed by atoms with van der Waals surface area (Å²) < 4.78 is 0. The number of aliphatic hydroxyl groups is 1. The SMILES string of the molecule is C[C@@]1(CO)C[C@@H]1Br. The Morgan fingerprint density at radius 3 is 2.43 bits per heavy atom. The van der Waals surface area contributed by atoms with Gasteiger partial charge in [0.25, 0.3) is 0 Å². The van der Waals surface area contributed by atoms with E-state index in [2.05, 4.69) is 22.9 Å². The van der Waals surface area contributed by atoms with Crippen LogP contribution in [0.25, 0.3) is 0 Å². The molecule has 0 aromatic carbocycles. The van der Waals surface area contributed by atoms with Gasteiger partial charge < -0.3 is 5.11 Å². The molecule has 0 amide bonds. The highest BCUT2D eigenvalue weighted by Gasteiger charge is 2.47. The molecule has 1 saturated carbocycles. The molecule has 1 rings (SSSR count). The molecule has 2 heteroatoms. The maximum Gasteiger partial charge on any atom is 0.0495 e. The van der Waals surface area contributed by atoms with E-state index in [0.717, 1.165) is 6.42 Å². The third-order valence-corrected chi connectivity index (χ3v) is 3.03. The molecule has 0 spiro atoms. The van der Waals surface area contributed by atoms with Gasteiger partial charge in [0.05, 0.1) is 0 Å². The van der Waals surface area contributed by atoms with Gasteiger partial charge in [0, 0.05) is 16.8 Å². The molecule has 0 unspecified atom stereocenters. The van der Waals surface area contributed by atoms with Gasteiger partial charge in [-0.1, -0.05) is 22.9 Å². The Hall–Kier alpha value is 0.440. The molecule has 1 fully saturated rings. The fraction of sp³-hybridized carbons (Fsp3) is 1.00. The number of hydrogen-bond donors (Lipinski definition) is 1. The van der Waals surface area contributed by atoms with Gasteiger partial charge in [0.2, 0.25) is 0 Å². The molecule has 0 radical (unpaired) electrons. The largest absolute Gasteiger partial charge is 0.396 e. The zero-order valence-corrected chi connectivity index (χ0v) is 5.90. The minimum Gasteiger partial charge on any atom is -0.396 e. The van der Waals surface area contributed by atoms with Gasteiger partial charge in [0.1, 0.15) is 0 Å². The van der Waals surface area contributed by atoms with E-state index in [1.165, 1.54) is 0 Å². The third kappa shape index (κ3) is 0.820. The third-order valence-electron chi connectivity index (χ3n) is 1.60. The Labute approximate surface area is 51.9 Å². The second-order valence-electron chi connectivity index (χ2n) is 2.48. The van der Waals surface area contributed by atoms with Crippen LogP contribution < -0.4 is 0 Å². The first-order chi connectivity index (χ1) is 3.19. The Kier molecular flexibility index (Phi) is 1.16. The van der Waals surface area contributed by atoms with E-state index in [1.807, 2.05) is 0 Å². The summed E-state index contributed by atoms with van der Waals surface area (Å²) in [4.78, 5) is 0.574. The van der Waals surface area contributed by atoms with Gasteiger partial charge in [-0.25, -0.2) is 0 Å². The summed E-state index contributed by atoms with van der Waals surface area (Å²) >= 11 is 3.40. The Bertz CT molecular complexity index is 80.1. The van der Waals surface area contributed by atoms with Crippen molar-refractivity contribution < 1.29 is 5.11 Å². The molecular formula is C5H9BrO. The second kappa shape index (κ2) is 1.46. The van der Waals surface area contributed by atoms with E-state index in [1.54, 1.807) is 0 Å². The highest BCUT2D eigenvalue weighted by atomic mass is 79.9. The molecule has 1 aliphatic rings. The van der Waals surface area contributed by atoms with Crippen LogP contribution in [0.15, 0.2) is 0 Å². The predicted molar refractivity (Wildman–Crippen MR) is 32.5 cm³/mol. The first-order valence-electron chi connectivity index (χ1n) is 2.44. The molecule has 7 heavy (non-hydrogen) atoms. The van der Waals surface area contributed by atoms with Crippen molar-refractivity contribution in [2.45, 2.75) is 18.2 Å². The lowest BCUT2D eigenvalue weighted by Crippen LogP contribution is -2.02. The Morgan fingerprint density at radius 1 is 2.00 bits per heavy atom. The molecule has 0 aromatic heterocycles. The van der Waals surface area contributed by atoms with Crippen LogP contribution in [0, 0.1) is 5.41 Å². The number of hydrogen-bond acceptors (Lipinski definition) is 1. The van der Waals surface area contributed by atoms with Crippen molar-refractivity contribution in [3.05, 3.63) is 0 Å². The van der Waals surface area contributed by atoms with Crippen molar-refractivity contribution in [1.82, 2.24) is 0 Å². The van der Waals surface area contributed by atoms with Gasteiger partial charge in [-0.15, -0.1) is 0 Å². The van der Waals surface area contributed by atoms with Gasteiger partial charge in [-0.05, 0) is 6.42 Å². The summed E-state index contributed by atoms with van der Waals surface area (Å²) in [5.41, 5.74) is 0.222. The highest BCUT2D eigenvalue weighted by Crippen LogP contribution is 2.50. The summed E-state index contributed by atoms with van der Waals surface area (Å²) in [6.07, 6.45) is 1.13. The normalized spacial score (nSPS) is 49.3. The van der Waals surface area contributed by atoms with E-state index in [4.69, 9.17) is 5.11 Å². The topological polar surface area (TPSA) is 20.2 Å². The van der Waals surface area contributed by atoms with Crippen LogP contribution in [0.5, 0.6) is 0 Å². The van der Waals surface area contributed by atoms with E-state index in [-0.39, 0.29) is 5.41 Å². The minimum atomic E-state index is 0.222. The van der Waals surface area contributed by atoms with Crippen molar-refractivity contribution >= 4 is 15.9 Å². The number of rotatable bonds is 1. The summed E-state index contributed by atoms with van der Waals surface area (Å²) in [5, 5.41) is 8.61. The van der Waals surface area contributed by atoms with Crippen LogP contribution in [-0.2, 0) is 0 Å². The maximum absolute atomic E-state index is 8.61. The first kappa shape index (κ1) is 5.57. The van der Waals surface area contributed by atoms with Crippen molar-refractivity contribution in [1.29, 1.82) is 0 Å².